The lowest BCUT2D eigenvalue weighted by Crippen LogP contribution is -2.46. The van der Waals surface area contributed by atoms with Gasteiger partial charge in [-0.2, -0.15) is 0 Å². The van der Waals surface area contributed by atoms with E-state index in [4.69, 9.17) is 4.74 Å². The highest BCUT2D eigenvalue weighted by Gasteiger charge is 2.36. The minimum absolute atomic E-state index is 0.00492. The van der Waals surface area contributed by atoms with Crippen LogP contribution < -0.4 is 0 Å². The van der Waals surface area contributed by atoms with Crippen LogP contribution in [0.2, 0.25) is 0 Å². The first-order chi connectivity index (χ1) is 8.89. The summed E-state index contributed by atoms with van der Waals surface area (Å²) in [5.41, 5.74) is 0.679. The second-order valence-corrected chi connectivity index (χ2v) is 7.61. The van der Waals surface area contributed by atoms with Crippen LogP contribution in [0.15, 0.2) is 0 Å². The zero-order valence-corrected chi connectivity index (χ0v) is 13.4. The Hall–Kier alpha value is -0.120. The Balaban J connectivity index is 1.68. The summed E-state index contributed by atoms with van der Waals surface area (Å²) < 4.78 is 5.83. The largest absolute Gasteiger partial charge is 0.375 e. The molecule has 2 aliphatic rings. The van der Waals surface area contributed by atoms with Crippen molar-refractivity contribution in [2.45, 2.75) is 52.1 Å². The van der Waals surface area contributed by atoms with Crippen molar-refractivity contribution in [1.82, 2.24) is 9.80 Å². The van der Waals surface area contributed by atoms with Gasteiger partial charge in [0.05, 0.1) is 12.2 Å². The lowest BCUT2D eigenvalue weighted by Gasteiger charge is -2.46. The molecule has 0 unspecified atom stereocenters. The van der Waals surface area contributed by atoms with Gasteiger partial charge in [0.1, 0.15) is 0 Å². The fourth-order valence-electron chi connectivity index (χ4n) is 3.32. The molecule has 0 radical (unpaired) electrons. The molecule has 0 aromatic carbocycles. The summed E-state index contributed by atoms with van der Waals surface area (Å²) in [5, 5.41) is 0. The van der Waals surface area contributed by atoms with Crippen LogP contribution in [-0.2, 0) is 4.74 Å². The van der Waals surface area contributed by atoms with Crippen LogP contribution in [0.5, 0.6) is 0 Å². The van der Waals surface area contributed by atoms with Crippen molar-refractivity contribution in [3.8, 4) is 0 Å². The van der Waals surface area contributed by atoms with E-state index in [0.717, 1.165) is 13.2 Å². The van der Waals surface area contributed by atoms with Gasteiger partial charge in [0.15, 0.2) is 0 Å². The van der Waals surface area contributed by atoms with Crippen molar-refractivity contribution in [2.24, 2.45) is 5.41 Å². The Labute approximate surface area is 119 Å². The van der Waals surface area contributed by atoms with E-state index in [0.29, 0.717) is 5.41 Å². The smallest absolute Gasteiger partial charge is 0.0600 e. The summed E-state index contributed by atoms with van der Waals surface area (Å²) in [5.74, 6) is 0. The van der Waals surface area contributed by atoms with Gasteiger partial charge in [0.25, 0.3) is 0 Å². The monoisotopic (exact) mass is 268 g/mol. The van der Waals surface area contributed by atoms with E-state index in [1.54, 1.807) is 0 Å². The Kier molecular flexibility index (Phi) is 4.91. The van der Waals surface area contributed by atoms with Gasteiger partial charge in [-0.05, 0) is 85.1 Å². The zero-order valence-electron chi connectivity index (χ0n) is 13.4. The number of rotatable bonds is 3. The van der Waals surface area contributed by atoms with Gasteiger partial charge in [0.2, 0.25) is 0 Å². The fraction of sp³-hybridized carbons (Fsp3) is 1.00. The van der Waals surface area contributed by atoms with E-state index in [1.807, 2.05) is 0 Å². The van der Waals surface area contributed by atoms with Crippen molar-refractivity contribution in [3.05, 3.63) is 0 Å². The number of piperidine rings is 2. The van der Waals surface area contributed by atoms with Gasteiger partial charge in [0, 0.05) is 6.54 Å². The maximum atomic E-state index is 5.83. The molecule has 0 atom stereocenters. The van der Waals surface area contributed by atoms with Crippen molar-refractivity contribution in [1.29, 1.82) is 0 Å². The predicted octanol–water partition coefficient (Wildman–Crippen LogP) is 2.61. The number of hydrogen-bond donors (Lipinski definition) is 0. The molecule has 2 fully saturated rings. The molecule has 112 valence electrons. The molecule has 3 heteroatoms. The number of hydrogen-bond acceptors (Lipinski definition) is 3. The van der Waals surface area contributed by atoms with Crippen LogP contribution in [0.1, 0.15) is 46.5 Å². The third kappa shape index (κ3) is 4.73. The fourth-order valence-corrected chi connectivity index (χ4v) is 3.32. The number of nitrogens with zero attached hydrogens (tertiary/aromatic N) is 2. The molecular formula is C16H32N2O. The molecular weight excluding hydrogens is 236 g/mol. The molecule has 2 heterocycles. The highest BCUT2D eigenvalue weighted by Crippen LogP contribution is 2.40. The van der Waals surface area contributed by atoms with Crippen molar-refractivity contribution in [2.75, 3.05) is 46.4 Å². The van der Waals surface area contributed by atoms with Gasteiger partial charge in [-0.1, -0.05) is 0 Å². The van der Waals surface area contributed by atoms with Gasteiger partial charge < -0.3 is 14.5 Å². The Morgan fingerprint density at radius 3 is 2.00 bits per heavy atom. The lowest BCUT2D eigenvalue weighted by molar-refractivity contribution is -0.0245. The lowest BCUT2D eigenvalue weighted by atomic mass is 9.71. The van der Waals surface area contributed by atoms with Crippen LogP contribution in [-0.4, -0.2) is 61.8 Å². The van der Waals surface area contributed by atoms with E-state index in [9.17, 15) is 0 Å². The topological polar surface area (TPSA) is 15.7 Å². The summed E-state index contributed by atoms with van der Waals surface area (Å²) in [6.07, 6.45) is 5.62. The average molecular weight is 268 g/mol. The molecule has 2 saturated heterocycles. The van der Waals surface area contributed by atoms with E-state index in [1.165, 1.54) is 51.9 Å². The Morgan fingerprint density at radius 2 is 1.47 bits per heavy atom. The van der Waals surface area contributed by atoms with Crippen molar-refractivity contribution < 1.29 is 4.74 Å². The molecule has 3 nitrogen and oxygen atoms in total. The van der Waals surface area contributed by atoms with Gasteiger partial charge in [-0.25, -0.2) is 0 Å². The van der Waals surface area contributed by atoms with Crippen LogP contribution in [0.25, 0.3) is 0 Å². The minimum atomic E-state index is 0.00492. The third-order valence-electron chi connectivity index (χ3n) is 4.91. The molecule has 2 rings (SSSR count). The molecule has 0 aromatic heterocycles. The summed E-state index contributed by atoms with van der Waals surface area (Å²) in [7, 11) is 2.26. The average Bonchev–Trinajstić information content (AvgIpc) is 2.34. The highest BCUT2D eigenvalue weighted by atomic mass is 16.5. The Bertz CT molecular complexity index is 267. The third-order valence-corrected chi connectivity index (χ3v) is 4.91. The maximum Gasteiger partial charge on any atom is 0.0600 e. The van der Waals surface area contributed by atoms with Gasteiger partial charge in [-0.15, -0.1) is 0 Å². The molecule has 0 amide bonds. The molecule has 0 saturated carbocycles. The summed E-state index contributed by atoms with van der Waals surface area (Å²) in [6, 6.07) is 0. The summed E-state index contributed by atoms with van der Waals surface area (Å²) in [4.78, 5) is 5.07. The van der Waals surface area contributed by atoms with Crippen LogP contribution in [0, 0.1) is 5.41 Å². The summed E-state index contributed by atoms with van der Waals surface area (Å²) >= 11 is 0. The molecule has 0 aliphatic carbocycles. The highest BCUT2D eigenvalue weighted by molar-refractivity contribution is 4.90. The second kappa shape index (κ2) is 6.11. The standard InChI is InChI=1S/C16H32N2O/c1-15(2,3)19-14-13-18-11-7-16(8-12-18)5-9-17(4)10-6-16/h5-14H2,1-4H3. The molecule has 19 heavy (non-hydrogen) atoms. The summed E-state index contributed by atoms with van der Waals surface area (Å²) in [6.45, 7) is 13.5. The second-order valence-electron chi connectivity index (χ2n) is 7.61. The van der Waals surface area contributed by atoms with Gasteiger partial charge >= 0.3 is 0 Å². The molecule has 0 N–H and O–H groups in total. The molecule has 2 aliphatic heterocycles. The van der Waals surface area contributed by atoms with Crippen molar-refractivity contribution in [3.63, 3.8) is 0 Å². The van der Waals surface area contributed by atoms with Crippen molar-refractivity contribution >= 4 is 0 Å². The minimum Gasteiger partial charge on any atom is -0.375 e. The van der Waals surface area contributed by atoms with E-state index in [-0.39, 0.29) is 5.60 Å². The first-order valence-corrected chi connectivity index (χ1v) is 7.94. The quantitative estimate of drug-likeness (QED) is 0.782. The van der Waals surface area contributed by atoms with E-state index >= 15 is 0 Å². The normalized spacial score (nSPS) is 25.9. The Morgan fingerprint density at radius 1 is 0.947 bits per heavy atom. The first-order valence-electron chi connectivity index (χ1n) is 7.94. The SMILES string of the molecule is CN1CCC2(CC1)CCN(CCOC(C)(C)C)CC2. The van der Waals surface area contributed by atoms with Gasteiger partial charge in [-0.3, -0.25) is 0 Å². The van der Waals surface area contributed by atoms with Crippen LogP contribution in [0.3, 0.4) is 0 Å². The maximum absolute atomic E-state index is 5.83. The molecule has 1 spiro atoms. The number of likely N-dealkylation sites (tertiary alicyclic amines) is 2. The molecule has 0 bridgehead atoms. The van der Waals surface area contributed by atoms with E-state index < -0.39 is 0 Å². The number of ether oxygens (including phenoxy) is 1. The van der Waals surface area contributed by atoms with Crippen LogP contribution in [0.4, 0.5) is 0 Å². The molecule has 0 aromatic rings. The predicted molar refractivity (Wildman–Crippen MR) is 80.5 cm³/mol. The van der Waals surface area contributed by atoms with Crippen LogP contribution >= 0.6 is 0 Å². The zero-order chi connectivity index (χ0) is 13.9. The first kappa shape index (κ1) is 15.3. The van der Waals surface area contributed by atoms with E-state index in [2.05, 4.69) is 37.6 Å².